The summed E-state index contributed by atoms with van der Waals surface area (Å²) in [4.78, 5) is 12.2. The predicted molar refractivity (Wildman–Crippen MR) is 86.3 cm³/mol. The third kappa shape index (κ3) is 5.05. The number of hydrogen-bond donors (Lipinski definition) is 2. The zero-order valence-electron chi connectivity index (χ0n) is 13.7. The van der Waals surface area contributed by atoms with Gasteiger partial charge in [0.1, 0.15) is 5.75 Å². The molecular weight excluding hydrogens is 264 g/mol. The Labute approximate surface area is 128 Å². The summed E-state index contributed by atoms with van der Waals surface area (Å²) < 4.78 is 5.38. The molecule has 1 aromatic rings. The van der Waals surface area contributed by atoms with Gasteiger partial charge in [-0.1, -0.05) is 39.0 Å². The van der Waals surface area contributed by atoms with Crippen molar-refractivity contribution in [1.29, 1.82) is 0 Å². The van der Waals surface area contributed by atoms with Crippen LogP contribution in [0.25, 0.3) is 0 Å². The summed E-state index contributed by atoms with van der Waals surface area (Å²) in [6, 6.07) is 7.83. The summed E-state index contributed by atoms with van der Waals surface area (Å²) in [6.07, 6.45) is 0.749. The lowest BCUT2D eigenvalue weighted by molar-refractivity contribution is -0.126. The first-order valence-corrected chi connectivity index (χ1v) is 7.54. The summed E-state index contributed by atoms with van der Waals surface area (Å²) in [5.41, 5.74) is 6.91. The molecule has 0 radical (unpaired) electrons. The lowest BCUT2D eigenvalue weighted by Crippen LogP contribution is -2.46. The quantitative estimate of drug-likeness (QED) is 0.811. The fourth-order valence-electron chi connectivity index (χ4n) is 2.11. The van der Waals surface area contributed by atoms with Crippen LogP contribution in [0.3, 0.4) is 0 Å². The van der Waals surface area contributed by atoms with E-state index in [4.69, 9.17) is 10.5 Å². The molecule has 1 amide bonds. The van der Waals surface area contributed by atoms with Gasteiger partial charge in [-0.3, -0.25) is 4.79 Å². The molecule has 3 atom stereocenters. The fourth-order valence-corrected chi connectivity index (χ4v) is 2.11. The second kappa shape index (κ2) is 8.03. The third-order valence-corrected chi connectivity index (χ3v) is 3.97. The number of hydrogen-bond acceptors (Lipinski definition) is 3. The Hall–Kier alpha value is -1.55. The largest absolute Gasteiger partial charge is 0.496 e. The molecule has 3 N–H and O–H groups in total. The number of amides is 1. The first-order chi connectivity index (χ1) is 9.86. The lowest BCUT2D eigenvalue weighted by atomic mass is 9.94. The molecule has 0 aliphatic carbocycles. The van der Waals surface area contributed by atoms with E-state index in [-0.39, 0.29) is 23.9 Å². The minimum atomic E-state index is -0.191. The lowest BCUT2D eigenvalue weighted by Gasteiger charge is -2.26. The number of para-hydroxylation sites is 1. The highest BCUT2D eigenvalue weighted by Crippen LogP contribution is 2.21. The van der Waals surface area contributed by atoms with E-state index in [2.05, 4.69) is 19.2 Å². The van der Waals surface area contributed by atoms with Crippen molar-refractivity contribution in [2.24, 2.45) is 17.6 Å². The van der Waals surface area contributed by atoms with Crippen molar-refractivity contribution in [3.8, 4) is 5.75 Å². The van der Waals surface area contributed by atoms with E-state index < -0.39 is 0 Å². The van der Waals surface area contributed by atoms with Crippen LogP contribution in [-0.2, 0) is 11.2 Å². The molecule has 0 heterocycles. The molecule has 0 fully saturated rings. The normalized spacial score (nSPS) is 15.4. The van der Waals surface area contributed by atoms with Gasteiger partial charge in [0, 0.05) is 18.0 Å². The highest BCUT2D eigenvalue weighted by atomic mass is 16.5. The van der Waals surface area contributed by atoms with Gasteiger partial charge in [0.15, 0.2) is 0 Å². The zero-order valence-corrected chi connectivity index (χ0v) is 13.7. The Morgan fingerprint density at radius 2 is 1.86 bits per heavy atom. The number of carbonyl (C=O) groups is 1. The maximum absolute atomic E-state index is 12.2. The van der Waals surface area contributed by atoms with Gasteiger partial charge >= 0.3 is 0 Å². The molecule has 0 bridgehead atoms. The molecule has 118 valence electrons. The summed E-state index contributed by atoms with van der Waals surface area (Å²) in [7, 11) is 1.67. The standard InChI is InChI=1S/C17H28N2O2/c1-11(2)15(19-17(20)12(3)13(4)18)10-14-8-6-7-9-16(14)21-5/h6-9,11-13,15H,10,18H2,1-5H3,(H,19,20). The van der Waals surface area contributed by atoms with E-state index in [0.29, 0.717) is 5.92 Å². The highest BCUT2D eigenvalue weighted by molar-refractivity contribution is 5.79. The Kier molecular flexibility index (Phi) is 6.69. The second-order valence-electron chi connectivity index (χ2n) is 6.02. The first-order valence-electron chi connectivity index (χ1n) is 7.54. The molecule has 4 heteroatoms. The van der Waals surface area contributed by atoms with Gasteiger partial charge in [0.05, 0.1) is 7.11 Å². The van der Waals surface area contributed by atoms with Crippen molar-refractivity contribution >= 4 is 5.91 Å². The monoisotopic (exact) mass is 292 g/mol. The van der Waals surface area contributed by atoms with Gasteiger partial charge in [-0.2, -0.15) is 0 Å². The summed E-state index contributed by atoms with van der Waals surface area (Å²) in [5.74, 6) is 1.01. The molecule has 0 saturated heterocycles. The molecule has 1 aromatic carbocycles. The van der Waals surface area contributed by atoms with Crippen LogP contribution in [0.2, 0.25) is 0 Å². The molecule has 4 nitrogen and oxygen atoms in total. The van der Waals surface area contributed by atoms with E-state index in [0.717, 1.165) is 17.7 Å². The third-order valence-electron chi connectivity index (χ3n) is 3.97. The SMILES string of the molecule is COc1ccccc1CC(NC(=O)C(C)C(C)N)C(C)C. The molecule has 3 unspecified atom stereocenters. The highest BCUT2D eigenvalue weighted by Gasteiger charge is 2.23. The van der Waals surface area contributed by atoms with Gasteiger partial charge < -0.3 is 15.8 Å². The van der Waals surface area contributed by atoms with Crippen LogP contribution in [0, 0.1) is 11.8 Å². The molecule has 0 aliphatic heterocycles. The van der Waals surface area contributed by atoms with Crippen molar-refractivity contribution in [3.63, 3.8) is 0 Å². The van der Waals surface area contributed by atoms with Gasteiger partial charge in [0.2, 0.25) is 5.91 Å². The minimum Gasteiger partial charge on any atom is -0.496 e. The molecular formula is C17H28N2O2. The topological polar surface area (TPSA) is 64.3 Å². The molecule has 1 rings (SSSR count). The Balaban J connectivity index is 2.81. The van der Waals surface area contributed by atoms with Crippen molar-refractivity contribution in [2.75, 3.05) is 7.11 Å². The molecule has 0 spiro atoms. The molecule has 0 saturated carbocycles. The van der Waals surface area contributed by atoms with Crippen molar-refractivity contribution in [1.82, 2.24) is 5.32 Å². The average Bonchev–Trinajstić information content (AvgIpc) is 2.45. The van der Waals surface area contributed by atoms with E-state index in [9.17, 15) is 4.79 Å². The smallest absolute Gasteiger partial charge is 0.224 e. The summed E-state index contributed by atoms with van der Waals surface area (Å²) in [6.45, 7) is 7.93. The minimum absolute atomic E-state index is 0.0126. The predicted octanol–water partition coefficient (Wildman–Crippen LogP) is 2.36. The first kappa shape index (κ1) is 17.5. The maximum Gasteiger partial charge on any atom is 0.224 e. The van der Waals surface area contributed by atoms with Crippen LogP contribution in [0.4, 0.5) is 0 Å². The summed E-state index contributed by atoms with van der Waals surface area (Å²) >= 11 is 0. The van der Waals surface area contributed by atoms with Gasteiger partial charge in [-0.15, -0.1) is 0 Å². The fraction of sp³-hybridized carbons (Fsp3) is 0.588. The number of carbonyl (C=O) groups excluding carboxylic acids is 1. The molecule has 0 aromatic heterocycles. The zero-order chi connectivity index (χ0) is 16.0. The van der Waals surface area contributed by atoms with Gasteiger partial charge in [-0.25, -0.2) is 0 Å². The Bertz CT molecular complexity index is 458. The van der Waals surface area contributed by atoms with Crippen LogP contribution >= 0.6 is 0 Å². The molecule has 0 aliphatic rings. The van der Waals surface area contributed by atoms with Gasteiger partial charge in [-0.05, 0) is 30.9 Å². The molecule has 21 heavy (non-hydrogen) atoms. The van der Waals surface area contributed by atoms with Crippen LogP contribution < -0.4 is 15.8 Å². The van der Waals surface area contributed by atoms with Crippen LogP contribution in [0.1, 0.15) is 33.3 Å². The number of ether oxygens (including phenoxy) is 1. The Morgan fingerprint density at radius 3 is 2.38 bits per heavy atom. The van der Waals surface area contributed by atoms with E-state index in [1.807, 2.05) is 38.1 Å². The second-order valence-corrected chi connectivity index (χ2v) is 6.02. The van der Waals surface area contributed by atoms with E-state index >= 15 is 0 Å². The van der Waals surface area contributed by atoms with Crippen LogP contribution in [0.5, 0.6) is 5.75 Å². The maximum atomic E-state index is 12.2. The van der Waals surface area contributed by atoms with Crippen LogP contribution in [-0.4, -0.2) is 25.1 Å². The van der Waals surface area contributed by atoms with Crippen LogP contribution in [0.15, 0.2) is 24.3 Å². The Morgan fingerprint density at radius 1 is 1.24 bits per heavy atom. The number of methoxy groups -OCH3 is 1. The van der Waals surface area contributed by atoms with Crippen molar-refractivity contribution in [2.45, 2.75) is 46.2 Å². The number of benzene rings is 1. The van der Waals surface area contributed by atoms with E-state index in [1.165, 1.54) is 0 Å². The summed E-state index contributed by atoms with van der Waals surface area (Å²) in [5, 5.41) is 3.12. The average molecular weight is 292 g/mol. The number of rotatable bonds is 7. The number of nitrogens with one attached hydrogen (secondary N) is 1. The van der Waals surface area contributed by atoms with Gasteiger partial charge in [0.25, 0.3) is 0 Å². The van der Waals surface area contributed by atoms with E-state index in [1.54, 1.807) is 7.11 Å². The number of nitrogens with two attached hydrogens (primary N) is 1. The van der Waals surface area contributed by atoms with Crippen molar-refractivity contribution < 1.29 is 9.53 Å². The van der Waals surface area contributed by atoms with Crippen molar-refractivity contribution in [3.05, 3.63) is 29.8 Å².